The number of hydrogen-bond acceptors (Lipinski definition) is 3. The summed E-state index contributed by atoms with van der Waals surface area (Å²) in [5, 5.41) is 11.8. The van der Waals surface area contributed by atoms with Gasteiger partial charge in [0, 0.05) is 13.0 Å². The first-order valence-corrected chi connectivity index (χ1v) is 5.92. The zero-order chi connectivity index (χ0) is 12.1. The fourth-order valence-electron chi connectivity index (χ4n) is 1.91. The average molecular weight is 235 g/mol. The topological polar surface area (TPSA) is 58.6 Å². The number of benzene rings is 1. The van der Waals surface area contributed by atoms with E-state index in [1.54, 1.807) is 0 Å². The van der Waals surface area contributed by atoms with Crippen LogP contribution >= 0.6 is 0 Å². The molecule has 0 saturated carbocycles. The van der Waals surface area contributed by atoms with Crippen molar-refractivity contribution in [2.45, 2.75) is 25.4 Å². The minimum Gasteiger partial charge on any atom is -0.489 e. The van der Waals surface area contributed by atoms with Crippen molar-refractivity contribution in [2.24, 2.45) is 0 Å². The molecular weight excluding hydrogens is 218 g/mol. The number of carboxylic acids is 1. The fourth-order valence-corrected chi connectivity index (χ4v) is 1.91. The number of carbonyl (C=O) groups is 1. The van der Waals surface area contributed by atoms with E-state index in [0.717, 1.165) is 30.8 Å². The van der Waals surface area contributed by atoms with Gasteiger partial charge in [0.25, 0.3) is 0 Å². The molecule has 4 nitrogen and oxygen atoms in total. The van der Waals surface area contributed by atoms with Gasteiger partial charge in [-0.3, -0.25) is 4.79 Å². The smallest absolute Gasteiger partial charge is 0.303 e. The maximum atomic E-state index is 10.4. The van der Waals surface area contributed by atoms with Gasteiger partial charge in [-0.15, -0.1) is 0 Å². The molecule has 17 heavy (non-hydrogen) atoms. The Bertz CT molecular complexity index is 369. The molecule has 4 heteroatoms. The average Bonchev–Trinajstić information content (AvgIpc) is 2.81. The van der Waals surface area contributed by atoms with Crippen molar-refractivity contribution in [3.05, 3.63) is 29.8 Å². The van der Waals surface area contributed by atoms with Gasteiger partial charge in [-0.1, -0.05) is 12.1 Å². The van der Waals surface area contributed by atoms with Crippen LogP contribution in [0.1, 0.15) is 18.4 Å². The molecule has 1 saturated heterocycles. The summed E-state index contributed by atoms with van der Waals surface area (Å²) in [6.45, 7) is 1.92. The van der Waals surface area contributed by atoms with E-state index >= 15 is 0 Å². The van der Waals surface area contributed by atoms with Gasteiger partial charge in [0.2, 0.25) is 0 Å². The minimum atomic E-state index is -0.762. The van der Waals surface area contributed by atoms with Crippen LogP contribution < -0.4 is 10.1 Å². The van der Waals surface area contributed by atoms with Crippen molar-refractivity contribution in [3.8, 4) is 5.75 Å². The predicted molar refractivity (Wildman–Crippen MR) is 64.3 cm³/mol. The van der Waals surface area contributed by atoms with E-state index in [9.17, 15) is 4.79 Å². The van der Waals surface area contributed by atoms with Crippen LogP contribution in [0.25, 0.3) is 0 Å². The van der Waals surface area contributed by atoms with Crippen LogP contribution in [0.4, 0.5) is 0 Å². The van der Waals surface area contributed by atoms with Crippen LogP contribution in [-0.4, -0.2) is 30.3 Å². The standard InChI is InChI=1S/C13H17NO3/c15-13(16)6-3-10-1-4-11(5-2-10)17-12-7-8-14-9-12/h1-2,4-5,12,14H,3,6-9H2,(H,15,16). The molecule has 0 bridgehead atoms. The lowest BCUT2D eigenvalue weighted by atomic mass is 10.1. The Balaban J connectivity index is 1.86. The van der Waals surface area contributed by atoms with Gasteiger partial charge in [-0.05, 0) is 37.1 Å². The van der Waals surface area contributed by atoms with Crippen molar-refractivity contribution in [3.63, 3.8) is 0 Å². The number of aliphatic carboxylic acids is 1. The van der Waals surface area contributed by atoms with Crippen LogP contribution in [0.15, 0.2) is 24.3 Å². The monoisotopic (exact) mass is 235 g/mol. The highest BCUT2D eigenvalue weighted by Gasteiger charge is 2.15. The Labute approximate surface area is 101 Å². The summed E-state index contributed by atoms with van der Waals surface area (Å²) in [5.41, 5.74) is 1.03. The first-order valence-electron chi connectivity index (χ1n) is 5.92. The third-order valence-corrected chi connectivity index (χ3v) is 2.87. The van der Waals surface area contributed by atoms with Crippen molar-refractivity contribution < 1.29 is 14.6 Å². The molecule has 1 aliphatic heterocycles. The van der Waals surface area contributed by atoms with Gasteiger partial charge in [-0.2, -0.15) is 0 Å². The van der Waals surface area contributed by atoms with E-state index in [-0.39, 0.29) is 12.5 Å². The summed E-state index contributed by atoms with van der Waals surface area (Å²) in [6.07, 6.45) is 2.05. The van der Waals surface area contributed by atoms with Crippen LogP contribution in [-0.2, 0) is 11.2 Å². The van der Waals surface area contributed by atoms with Gasteiger partial charge < -0.3 is 15.2 Å². The van der Waals surface area contributed by atoms with Gasteiger partial charge in [0.15, 0.2) is 0 Å². The van der Waals surface area contributed by atoms with Crippen LogP contribution in [0, 0.1) is 0 Å². The molecule has 1 heterocycles. The molecule has 1 fully saturated rings. The highest BCUT2D eigenvalue weighted by Crippen LogP contribution is 2.16. The number of rotatable bonds is 5. The zero-order valence-electron chi connectivity index (χ0n) is 9.69. The lowest BCUT2D eigenvalue weighted by molar-refractivity contribution is -0.136. The molecule has 0 spiro atoms. The molecule has 1 aromatic rings. The minimum absolute atomic E-state index is 0.173. The van der Waals surface area contributed by atoms with E-state index in [0.29, 0.717) is 6.42 Å². The number of nitrogens with one attached hydrogen (secondary N) is 1. The second-order valence-corrected chi connectivity index (χ2v) is 4.27. The molecule has 2 rings (SSSR count). The second-order valence-electron chi connectivity index (χ2n) is 4.27. The molecule has 0 aliphatic carbocycles. The van der Waals surface area contributed by atoms with Crippen molar-refractivity contribution in [2.75, 3.05) is 13.1 Å². The van der Waals surface area contributed by atoms with E-state index in [1.807, 2.05) is 24.3 Å². The summed E-state index contributed by atoms with van der Waals surface area (Å²) in [5.74, 6) is 0.0973. The Hall–Kier alpha value is -1.55. The van der Waals surface area contributed by atoms with Crippen LogP contribution in [0.3, 0.4) is 0 Å². The molecule has 1 unspecified atom stereocenters. The first kappa shape index (κ1) is 11.9. The van der Waals surface area contributed by atoms with Gasteiger partial charge in [-0.25, -0.2) is 0 Å². The van der Waals surface area contributed by atoms with E-state index in [4.69, 9.17) is 9.84 Å². The highest BCUT2D eigenvalue weighted by atomic mass is 16.5. The lowest BCUT2D eigenvalue weighted by Crippen LogP contribution is -2.19. The Kier molecular flexibility index (Phi) is 3.98. The summed E-state index contributed by atoms with van der Waals surface area (Å²) in [6, 6.07) is 7.69. The molecule has 0 radical (unpaired) electrons. The molecule has 0 aromatic heterocycles. The normalized spacial score (nSPS) is 19.2. The molecule has 1 atom stereocenters. The summed E-state index contributed by atoms with van der Waals surface area (Å²) >= 11 is 0. The molecule has 2 N–H and O–H groups in total. The predicted octanol–water partition coefficient (Wildman–Crippen LogP) is 1.44. The van der Waals surface area contributed by atoms with E-state index in [1.165, 1.54) is 0 Å². The van der Waals surface area contributed by atoms with E-state index in [2.05, 4.69) is 5.32 Å². The van der Waals surface area contributed by atoms with Crippen molar-refractivity contribution in [1.82, 2.24) is 5.32 Å². The van der Waals surface area contributed by atoms with E-state index < -0.39 is 5.97 Å². The summed E-state index contributed by atoms with van der Waals surface area (Å²) < 4.78 is 5.78. The first-order chi connectivity index (χ1) is 8.24. The largest absolute Gasteiger partial charge is 0.489 e. The SMILES string of the molecule is O=C(O)CCc1ccc(OC2CCNC2)cc1. The molecule has 1 aromatic carbocycles. The lowest BCUT2D eigenvalue weighted by Gasteiger charge is -2.12. The Morgan fingerprint density at radius 2 is 2.18 bits per heavy atom. The quantitative estimate of drug-likeness (QED) is 0.811. The van der Waals surface area contributed by atoms with Crippen molar-refractivity contribution >= 4 is 5.97 Å². The molecular formula is C13H17NO3. The van der Waals surface area contributed by atoms with Crippen molar-refractivity contribution in [1.29, 1.82) is 0 Å². The Morgan fingerprint density at radius 3 is 2.76 bits per heavy atom. The summed E-state index contributed by atoms with van der Waals surface area (Å²) in [4.78, 5) is 10.4. The van der Waals surface area contributed by atoms with Crippen LogP contribution in [0.2, 0.25) is 0 Å². The number of ether oxygens (including phenoxy) is 1. The molecule has 1 aliphatic rings. The van der Waals surface area contributed by atoms with Crippen LogP contribution in [0.5, 0.6) is 5.75 Å². The third-order valence-electron chi connectivity index (χ3n) is 2.87. The maximum absolute atomic E-state index is 10.4. The summed E-state index contributed by atoms with van der Waals surface area (Å²) in [7, 11) is 0. The highest BCUT2D eigenvalue weighted by molar-refractivity contribution is 5.67. The fraction of sp³-hybridized carbons (Fsp3) is 0.462. The number of carboxylic acid groups (broad SMARTS) is 1. The van der Waals surface area contributed by atoms with Gasteiger partial charge in [0.05, 0.1) is 0 Å². The maximum Gasteiger partial charge on any atom is 0.303 e. The van der Waals surface area contributed by atoms with Gasteiger partial charge in [0.1, 0.15) is 11.9 Å². The molecule has 92 valence electrons. The third kappa shape index (κ3) is 3.75. The Morgan fingerprint density at radius 1 is 1.41 bits per heavy atom. The number of aryl methyl sites for hydroxylation is 1. The second kappa shape index (κ2) is 5.68. The molecule has 0 amide bonds. The number of hydrogen-bond donors (Lipinski definition) is 2. The van der Waals surface area contributed by atoms with Gasteiger partial charge >= 0.3 is 5.97 Å². The zero-order valence-corrected chi connectivity index (χ0v) is 9.69.